The summed E-state index contributed by atoms with van der Waals surface area (Å²) in [5.74, 6) is 0.428. The van der Waals surface area contributed by atoms with Gasteiger partial charge < -0.3 is 15.8 Å². The third kappa shape index (κ3) is 3.86. The maximum Gasteiger partial charge on any atom is 0.230 e. The summed E-state index contributed by atoms with van der Waals surface area (Å²) in [6.07, 6.45) is 2.33. The van der Waals surface area contributed by atoms with Gasteiger partial charge in [0.1, 0.15) is 0 Å². The molecule has 2 heterocycles. The lowest BCUT2D eigenvalue weighted by Gasteiger charge is -2.10. The van der Waals surface area contributed by atoms with Crippen LogP contribution in [0.2, 0.25) is 0 Å². The number of hydrogen-bond donors (Lipinski definition) is 2. The molecule has 1 fully saturated rings. The van der Waals surface area contributed by atoms with E-state index >= 15 is 0 Å². The summed E-state index contributed by atoms with van der Waals surface area (Å²) >= 11 is 2.91. The van der Waals surface area contributed by atoms with Gasteiger partial charge in [0.2, 0.25) is 5.91 Å². The number of anilines is 1. The molecule has 18 heavy (non-hydrogen) atoms. The van der Waals surface area contributed by atoms with Crippen LogP contribution in [0.5, 0.6) is 0 Å². The molecule has 2 rings (SSSR count). The number of thioether (sulfide) groups is 1. The number of amides is 1. The molecule has 0 saturated carbocycles. The first kappa shape index (κ1) is 13.6. The van der Waals surface area contributed by atoms with E-state index in [9.17, 15) is 4.79 Å². The lowest BCUT2D eigenvalue weighted by atomic mass is 10.2. The monoisotopic (exact) mass is 287 g/mol. The predicted molar refractivity (Wildman–Crippen MR) is 74.0 cm³/mol. The number of aromatic nitrogens is 1. The molecule has 1 aromatic rings. The van der Waals surface area contributed by atoms with Gasteiger partial charge in [-0.25, -0.2) is 4.98 Å². The van der Waals surface area contributed by atoms with Crippen molar-refractivity contribution < 1.29 is 9.53 Å². The maximum atomic E-state index is 11.7. The van der Waals surface area contributed by atoms with Gasteiger partial charge in [-0.15, -0.1) is 11.8 Å². The first-order valence-corrected chi connectivity index (χ1v) is 7.69. The topological polar surface area (TPSA) is 77.2 Å². The average molecular weight is 287 g/mol. The van der Waals surface area contributed by atoms with Crippen LogP contribution >= 0.6 is 23.1 Å². The third-order valence-electron chi connectivity index (χ3n) is 2.66. The molecule has 0 aliphatic carbocycles. The van der Waals surface area contributed by atoms with E-state index in [1.54, 1.807) is 0 Å². The molecule has 3 N–H and O–H groups in total. The van der Waals surface area contributed by atoms with Gasteiger partial charge in [0.25, 0.3) is 0 Å². The molecule has 1 aliphatic heterocycles. The molecule has 1 aliphatic rings. The number of nitrogen functional groups attached to an aromatic ring is 1. The highest BCUT2D eigenvalue weighted by Crippen LogP contribution is 2.30. The van der Waals surface area contributed by atoms with Gasteiger partial charge >= 0.3 is 0 Å². The van der Waals surface area contributed by atoms with E-state index in [1.165, 1.54) is 23.1 Å². The Morgan fingerprint density at radius 2 is 2.56 bits per heavy atom. The van der Waals surface area contributed by atoms with Gasteiger partial charge in [-0.3, -0.25) is 4.79 Å². The van der Waals surface area contributed by atoms with Crippen molar-refractivity contribution in [3.05, 3.63) is 5.69 Å². The quantitative estimate of drug-likeness (QED) is 0.801. The Labute approximate surface area is 114 Å². The maximum absolute atomic E-state index is 11.7. The zero-order valence-corrected chi connectivity index (χ0v) is 11.9. The number of carbonyl (C=O) groups excluding carboxylic acids is 1. The Hall–Kier alpha value is -0.790. The summed E-state index contributed by atoms with van der Waals surface area (Å²) in [6, 6.07) is 0. The van der Waals surface area contributed by atoms with Gasteiger partial charge in [0.05, 0.1) is 21.8 Å². The Kier molecular flexibility index (Phi) is 4.85. The minimum atomic E-state index is 0.0295. The van der Waals surface area contributed by atoms with Crippen molar-refractivity contribution in [2.24, 2.45) is 0 Å². The first-order valence-electron chi connectivity index (χ1n) is 5.89. The van der Waals surface area contributed by atoms with E-state index in [1.807, 2.05) is 6.92 Å². The molecule has 5 nitrogen and oxygen atoms in total. The van der Waals surface area contributed by atoms with Crippen molar-refractivity contribution in [2.75, 3.05) is 24.6 Å². The lowest BCUT2D eigenvalue weighted by Crippen LogP contribution is -2.32. The van der Waals surface area contributed by atoms with E-state index < -0.39 is 0 Å². The number of thiazole rings is 1. The smallest absolute Gasteiger partial charge is 0.230 e. The highest BCUT2D eigenvalue weighted by molar-refractivity contribution is 8.01. The van der Waals surface area contributed by atoms with Gasteiger partial charge in [-0.2, -0.15) is 0 Å². The second-order valence-electron chi connectivity index (χ2n) is 4.15. The summed E-state index contributed by atoms with van der Waals surface area (Å²) in [5, 5.41) is 3.44. The highest BCUT2D eigenvalue weighted by atomic mass is 32.2. The molecule has 0 radical (unpaired) electrons. The van der Waals surface area contributed by atoms with Gasteiger partial charge in [0, 0.05) is 13.2 Å². The van der Waals surface area contributed by atoms with Crippen LogP contribution in [0.25, 0.3) is 0 Å². The van der Waals surface area contributed by atoms with E-state index in [-0.39, 0.29) is 12.0 Å². The van der Waals surface area contributed by atoms with Crippen LogP contribution in [0.15, 0.2) is 4.21 Å². The number of nitrogens with two attached hydrogens (primary N) is 1. The normalized spacial score (nSPS) is 19.1. The molecule has 1 saturated heterocycles. The van der Waals surface area contributed by atoms with E-state index in [0.717, 1.165) is 29.4 Å². The van der Waals surface area contributed by atoms with Gasteiger partial charge in [-0.1, -0.05) is 11.3 Å². The molecule has 1 aromatic heterocycles. The van der Waals surface area contributed by atoms with E-state index in [0.29, 0.717) is 17.4 Å². The summed E-state index contributed by atoms with van der Waals surface area (Å²) in [7, 11) is 0. The Morgan fingerprint density at radius 1 is 1.72 bits per heavy atom. The highest BCUT2D eigenvalue weighted by Gasteiger charge is 2.16. The zero-order valence-electron chi connectivity index (χ0n) is 10.3. The molecule has 0 bridgehead atoms. The molecule has 100 valence electrons. The second kappa shape index (κ2) is 6.40. The second-order valence-corrected chi connectivity index (χ2v) is 6.43. The predicted octanol–water partition coefficient (Wildman–Crippen LogP) is 1.42. The van der Waals surface area contributed by atoms with E-state index in [2.05, 4.69) is 10.3 Å². The van der Waals surface area contributed by atoms with Crippen LogP contribution < -0.4 is 11.1 Å². The van der Waals surface area contributed by atoms with Crippen molar-refractivity contribution >= 4 is 34.1 Å². The molecule has 1 amide bonds. The van der Waals surface area contributed by atoms with Crippen molar-refractivity contribution in [2.45, 2.75) is 30.1 Å². The average Bonchev–Trinajstić information content (AvgIpc) is 2.94. The largest absolute Gasteiger partial charge is 0.376 e. The summed E-state index contributed by atoms with van der Waals surface area (Å²) in [4.78, 5) is 15.8. The number of ether oxygens (including phenoxy) is 1. The van der Waals surface area contributed by atoms with Crippen molar-refractivity contribution in [1.82, 2.24) is 10.3 Å². The van der Waals surface area contributed by atoms with Crippen LogP contribution in [-0.2, 0) is 9.53 Å². The number of rotatable bonds is 5. The van der Waals surface area contributed by atoms with Crippen molar-refractivity contribution in [3.8, 4) is 0 Å². The number of carbonyl (C=O) groups is 1. The number of nitrogens with zero attached hydrogens (tertiary/aromatic N) is 1. The molecule has 7 heteroatoms. The van der Waals surface area contributed by atoms with Gasteiger partial charge in [-0.05, 0) is 19.8 Å². The SMILES string of the molecule is Cc1nc(N)sc1SCC(=O)NCC1CCCO1. The van der Waals surface area contributed by atoms with Crippen molar-refractivity contribution in [3.63, 3.8) is 0 Å². The van der Waals surface area contributed by atoms with Crippen LogP contribution in [-0.4, -0.2) is 35.9 Å². The fraction of sp³-hybridized carbons (Fsp3) is 0.636. The third-order valence-corrected chi connectivity index (χ3v) is 5.00. The number of hydrogen-bond acceptors (Lipinski definition) is 6. The standard InChI is InChI=1S/C11H17N3O2S2/c1-7-10(18-11(12)14-7)17-6-9(15)13-5-8-3-2-4-16-8/h8H,2-6H2,1H3,(H2,12,14)(H,13,15). The summed E-state index contributed by atoms with van der Waals surface area (Å²) < 4.78 is 6.46. The van der Waals surface area contributed by atoms with Crippen molar-refractivity contribution in [1.29, 1.82) is 0 Å². The van der Waals surface area contributed by atoms with Crippen LogP contribution in [0.1, 0.15) is 18.5 Å². The van der Waals surface area contributed by atoms with Crippen LogP contribution in [0, 0.1) is 6.92 Å². The number of nitrogens with one attached hydrogen (secondary N) is 1. The molecular weight excluding hydrogens is 270 g/mol. The molecule has 1 unspecified atom stereocenters. The van der Waals surface area contributed by atoms with E-state index in [4.69, 9.17) is 10.5 Å². The number of aryl methyl sites for hydroxylation is 1. The summed E-state index contributed by atoms with van der Waals surface area (Å²) in [6.45, 7) is 3.33. The first-order chi connectivity index (χ1) is 8.65. The van der Waals surface area contributed by atoms with Gasteiger partial charge in [0.15, 0.2) is 5.13 Å². The molecule has 1 atom stereocenters. The fourth-order valence-electron chi connectivity index (χ4n) is 1.75. The molecule has 0 aromatic carbocycles. The fourth-order valence-corrected chi connectivity index (χ4v) is 3.60. The minimum absolute atomic E-state index is 0.0295. The Morgan fingerprint density at radius 3 is 3.17 bits per heavy atom. The summed E-state index contributed by atoms with van der Waals surface area (Å²) in [5.41, 5.74) is 6.50. The zero-order chi connectivity index (χ0) is 13.0. The van der Waals surface area contributed by atoms with Crippen LogP contribution in [0.3, 0.4) is 0 Å². The Bertz CT molecular complexity index is 416. The lowest BCUT2D eigenvalue weighted by molar-refractivity contribution is -0.119. The Balaban J connectivity index is 1.69. The molecular formula is C11H17N3O2S2. The van der Waals surface area contributed by atoms with Crippen LogP contribution in [0.4, 0.5) is 5.13 Å². The molecule has 0 spiro atoms. The minimum Gasteiger partial charge on any atom is -0.376 e.